The minimum absolute atomic E-state index is 0.101. The third-order valence-corrected chi connectivity index (χ3v) is 4.45. The van der Waals surface area contributed by atoms with Gasteiger partial charge in [-0.3, -0.25) is 9.78 Å². The smallest absolute Gasteiger partial charge is 0.356 e. The number of carboxylic acids is 1. The number of hydrogen-bond acceptors (Lipinski definition) is 5. The molecule has 26 heavy (non-hydrogen) atoms. The van der Waals surface area contributed by atoms with Crippen molar-refractivity contribution in [3.8, 4) is 0 Å². The van der Waals surface area contributed by atoms with Crippen molar-refractivity contribution < 1.29 is 14.7 Å². The molecule has 1 unspecified atom stereocenters. The van der Waals surface area contributed by atoms with E-state index in [1.165, 1.54) is 11.8 Å². The Balaban J connectivity index is 1.93. The minimum Gasteiger partial charge on any atom is -0.476 e. The van der Waals surface area contributed by atoms with Crippen molar-refractivity contribution >= 4 is 11.9 Å². The van der Waals surface area contributed by atoms with Crippen LogP contribution in [0.2, 0.25) is 0 Å². The molecular formula is C19H22N4O3. The Morgan fingerprint density at radius 3 is 2.62 bits per heavy atom. The average Bonchev–Trinajstić information content (AvgIpc) is 2.65. The Bertz CT molecular complexity index is 805. The molecule has 7 heteroatoms. The summed E-state index contributed by atoms with van der Waals surface area (Å²) < 4.78 is 0. The molecule has 0 spiro atoms. The summed E-state index contributed by atoms with van der Waals surface area (Å²) in [5, 5.41) is 8.95. The summed E-state index contributed by atoms with van der Waals surface area (Å²) in [4.78, 5) is 38.2. The molecule has 1 amide bonds. The summed E-state index contributed by atoms with van der Waals surface area (Å²) in [6, 6.07) is 3.88. The van der Waals surface area contributed by atoms with E-state index >= 15 is 0 Å². The standard InChI is InChI=1S/C19H22N4O3/c1-12(2)11-23(16-7-3-5-13-6-4-8-20-17(13)16)18(24)14-9-22-15(10-21-14)19(25)26/h4,6,8-10,12,16H,3,5,7,11H2,1-2H3,(H,25,26). The minimum atomic E-state index is -1.17. The van der Waals surface area contributed by atoms with Crippen LogP contribution in [0.4, 0.5) is 0 Å². The van der Waals surface area contributed by atoms with E-state index < -0.39 is 5.97 Å². The van der Waals surface area contributed by atoms with Gasteiger partial charge in [0, 0.05) is 12.7 Å². The van der Waals surface area contributed by atoms with Gasteiger partial charge in [0.1, 0.15) is 5.69 Å². The van der Waals surface area contributed by atoms with Gasteiger partial charge in [0.05, 0.1) is 24.1 Å². The molecule has 1 aliphatic rings. The van der Waals surface area contributed by atoms with Crippen molar-refractivity contribution in [2.75, 3.05) is 6.54 Å². The van der Waals surface area contributed by atoms with Crippen LogP contribution < -0.4 is 0 Å². The maximum Gasteiger partial charge on any atom is 0.356 e. The van der Waals surface area contributed by atoms with E-state index in [4.69, 9.17) is 5.11 Å². The highest BCUT2D eigenvalue weighted by Gasteiger charge is 2.32. The zero-order chi connectivity index (χ0) is 18.7. The maximum absolute atomic E-state index is 13.1. The fourth-order valence-corrected chi connectivity index (χ4v) is 3.33. The molecule has 2 heterocycles. The van der Waals surface area contributed by atoms with E-state index in [1.54, 1.807) is 11.1 Å². The number of amides is 1. The lowest BCUT2D eigenvalue weighted by atomic mass is 9.90. The van der Waals surface area contributed by atoms with Gasteiger partial charge in [-0.2, -0.15) is 0 Å². The summed E-state index contributed by atoms with van der Waals surface area (Å²) in [7, 11) is 0. The average molecular weight is 354 g/mol. The topological polar surface area (TPSA) is 96.3 Å². The molecule has 0 radical (unpaired) electrons. The second-order valence-electron chi connectivity index (χ2n) is 6.90. The first-order valence-corrected chi connectivity index (χ1v) is 8.77. The predicted octanol–water partition coefficient (Wildman–Crippen LogP) is 2.75. The quantitative estimate of drug-likeness (QED) is 0.887. The molecule has 136 valence electrons. The third-order valence-electron chi connectivity index (χ3n) is 4.45. The summed E-state index contributed by atoms with van der Waals surface area (Å²) in [5.41, 5.74) is 2.10. The van der Waals surface area contributed by atoms with E-state index in [0.29, 0.717) is 6.54 Å². The molecule has 0 saturated carbocycles. The third kappa shape index (κ3) is 3.71. The van der Waals surface area contributed by atoms with Crippen LogP contribution in [0.1, 0.15) is 65.0 Å². The highest BCUT2D eigenvalue weighted by molar-refractivity contribution is 5.93. The molecule has 0 aliphatic heterocycles. The van der Waals surface area contributed by atoms with Gasteiger partial charge in [0.25, 0.3) is 5.91 Å². The zero-order valence-corrected chi connectivity index (χ0v) is 14.9. The first kappa shape index (κ1) is 18.0. The summed E-state index contributed by atoms with van der Waals surface area (Å²) >= 11 is 0. The van der Waals surface area contributed by atoms with Gasteiger partial charge < -0.3 is 10.0 Å². The van der Waals surface area contributed by atoms with Crippen LogP contribution in [-0.4, -0.2) is 43.4 Å². The molecule has 2 aromatic heterocycles. The molecule has 0 aromatic carbocycles. The fraction of sp³-hybridized carbons (Fsp3) is 0.421. The van der Waals surface area contributed by atoms with Crippen molar-refractivity contribution in [1.82, 2.24) is 19.9 Å². The molecule has 0 fully saturated rings. The molecule has 7 nitrogen and oxygen atoms in total. The Kier molecular flexibility index (Phi) is 5.25. The van der Waals surface area contributed by atoms with Crippen LogP contribution in [-0.2, 0) is 6.42 Å². The summed E-state index contributed by atoms with van der Waals surface area (Å²) in [5.74, 6) is -1.13. The van der Waals surface area contributed by atoms with Crippen molar-refractivity contribution in [1.29, 1.82) is 0 Å². The van der Waals surface area contributed by atoms with Crippen LogP contribution in [0.15, 0.2) is 30.7 Å². The predicted molar refractivity (Wildman–Crippen MR) is 94.8 cm³/mol. The van der Waals surface area contributed by atoms with E-state index in [1.807, 2.05) is 6.07 Å². The highest BCUT2D eigenvalue weighted by Crippen LogP contribution is 2.34. The molecule has 0 saturated heterocycles. The molecule has 2 aromatic rings. The number of rotatable bonds is 5. The second-order valence-corrected chi connectivity index (χ2v) is 6.90. The van der Waals surface area contributed by atoms with Gasteiger partial charge in [0.2, 0.25) is 0 Å². The number of aryl methyl sites for hydroxylation is 1. The normalized spacial score (nSPS) is 16.2. The van der Waals surface area contributed by atoms with E-state index in [9.17, 15) is 9.59 Å². The number of pyridine rings is 1. The SMILES string of the molecule is CC(C)CN(C(=O)c1cnc(C(=O)O)cn1)C1CCCc2cccnc21. The lowest BCUT2D eigenvalue weighted by Gasteiger charge is -2.35. The molecule has 1 aliphatic carbocycles. The fourth-order valence-electron chi connectivity index (χ4n) is 3.33. The number of carbonyl (C=O) groups is 2. The Morgan fingerprint density at radius 1 is 1.23 bits per heavy atom. The van der Waals surface area contributed by atoms with Crippen molar-refractivity contribution in [3.63, 3.8) is 0 Å². The van der Waals surface area contributed by atoms with Gasteiger partial charge in [-0.05, 0) is 36.8 Å². The second kappa shape index (κ2) is 7.59. The van der Waals surface area contributed by atoms with Crippen molar-refractivity contribution in [2.24, 2.45) is 5.92 Å². The number of aromatic nitrogens is 3. The highest BCUT2D eigenvalue weighted by atomic mass is 16.4. The van der Waals surface area contributed by atoms with Gasteiger partial charge in [-0.15, -0.1) is 0 Å². The Hall–Kier alpha value is -2.83. The van der Waals surface area contributed by atoms with E-state index in [2.05, 4.69) is 34.9 Å². The zero-order valence-electron chi connectivity index (χ0n) is 14.9. The van der Waals surface area contributed by atoms with Crippen LogP contribution in [0.25, 0.3) is 0 Å². The molecular weight excluding hydrogens is 332 g/mol. The Labute approximate surface area is 152 Å². The number of carbonyl (C=O) groups excluding carboxylic acids is 1. The molecule has 3 rings (SSSR count). The number of nitrogens with zero attached hydrogens (tertiary/aromatic N) is 4. The van der Waals surface area contributed by atoms with Gasteiger partial charge in [0.15, 0.2) is 5.69 Å². The Morgan fingerprint density at radius 2 is 1.96 bits per heavy atom. The maximum atomic E-state index is 13.1. The van der Waals surface area contributed by atoms with Gasteiger partial charge >= 0.3 is 5.97 Å². The lowest BCUT2D eigenvalue weighted by Crippen LogP contribution is -2.40. The van der Waals surface area contributed by atoms with E-state index in [-0.39, 0.29) is 29.3 Å². The van der Waals surface area contributed by atoms with Crippen LogP contribution >= 0.6 is 0 Å². The van der Waals surface area contributed by atoms with E-state index in [0.717, 1.165) is 31.2 Å². The monoisotopic (exact) mass is 354 g/mol. The first-order valence-electron chi connectivity index (χ1n) is 8.77. The molecule has 0 bridgehead atoms. The number of aromatic carboxylic acids is 1. The van der Waals surface area contributed by atoms with Crippen LogP contribution in [0.3, 0.4) is 0 Å². The van der Waals surface area contributed by atoms with Crippen LogP contribution in [0.5, 0.6) is 0 Å². The van der Waals surface area contributed by atoms with Crippen LogP contribution in [0, 0.1) is 5.92 Å². The number of fused-ring (bicyclic) bond motifs is 1. The molecule has 1 atom stereocenters. The first-order chi connectivity index (χ1) is 12.5. The largest absolute Gasteiger partial charge is 0.476 e. The number of hydrogen-bond donors (Lipinski definition) is 1. The van der Waals surface area contributed by atoms with Crippen molar-refractivity contribution in [2.45, 2.75) is 39.2 Å². The lowest BCUT2D eigenvalue weighted by molar-refractivity contribution is 0.0613. The van der Waals surface area contributed by atoms with Gasteiger partial charge in [-0.1, -0.05) is 19.9 Å². The van der Waals surface area contributed by atoms with Gasteiger partial charge in [-0.25, -0.2) is 14.8 Å². The van der Waals surface area contributed by atoms with Crippen molar-refractivity contribution in [3.05, 3.63) is 53.4 Å². The molecule has 1 N–H and O–H groups in total. The summed E-state index contributed by atoms with van der Waals surface area (Å²) in [6.45, 7) is 4.69. The summed E-state index contributed by atoms with van der Waals surface area (Å²) in [6.07, 6.45) is 6.93. The number of carboxylic acid groups (broad SMARTS) is 1.